The second-order valence-corrected chi connectivity index (χ2v) is 12.2. The van der Waals surface area contributed by atoms with Gasteiger partial charge in [0.25, 0.3) is 0 Å². The molecule has 3 aliphatic heterocycles. The summed E-state index contributed by atoms with van der Waals surface area (Å²) < 4.78 is 34.0. The van der Waals surface area contributed by atoms with E-state index in [0.717, 1.165) is 16.7 Å². The standard InChI is InChI=1S/C31H37N3O9S/c1-38-24-12-18(26-20-14-23-22(41-16-42-23)11-17(20)10-19-15-40-30(36)27(19)26)13-25(39-2)28(24)43-31(37)33-21(4-9-44-3)29(35)34-7-5-32-6-8-34/h11-14,19,21,26-27,32H,4-10,15-16H2,1-3H3,(H,33,37)/t19-,21+,26+,27-/m0/s1. The van der Waals surface area contributed by atoms with E-state index in [1.807, 2.05) is 18.4 Å². The fourth-order valence-electron chi connectivity index (χ4n) is 6.55. The minimum absolute atomic E-state index is 0.00879. The number of benzene rings is 2. The number of carbonyl (C=O) groups is 3. The van der Waals surface area contributed by atoms with Crippen molar-refractivity contribution >= 4 is 29.7 Å². The minimum Gasteiger partial charge on any atom is -0.493 e. The SMILES string of the molecule is COc1cc([C@@H]2c3cc4c(cc3C[C@H]3COC(=O)[C@@H]32)OCO4)cc(OC)c1OC(=O)N[C@H](CCSC)C(=O)N1CCNCC1. The molecule has 4 atom stereocenters. The van der Waals surface area contributed by atoms with Crippen LogP contribution in [0.1, 0.15) is 29.0 Å². The van der Waals surface area contributed by atoms with Crippen LogP contribution < -0.4 is 34.3 Å². The lowest BCUT2D eigenvalue weighted by Gasteiger charge is -2.34. The van der Waals surface area contributed by atoms with Crippen molar-refractivity contribution in [2.45, 2.75) is 24.8 Å². The van der Waals surface area contributed by atoms with Gasteiger partial charge in [-0.05, 0) is 65.8 Å². The molecule has 1 aliphatic carbocycles. The summed E-state index contributed by atoms with van der Waals surface area (Å²) in [5, 5.41) is 6.00. The largest absolute Gasteiger partial charge is 0.493 e. The number of esters is 1. The first-order valence-electron chi connectivity index (χ1n) is 14.7. The van der Waals surface area contributed by atoms with Crippen molar-refractivity contribution < 1.29 is 42.8 Å². The third-order valence-electron chi connectivity index (χ3n) is 8.70. The number of nitrogens with zero attached hydrogens (tertiary/aromatic N) is 1. The zero-order valence-corrected chi connectivity index (χ0v) is 25.8. The van der Waals surface area contributed by atoms with E-state index >= 15 is 0 Å². The summed E-state index contributed by atoms with van der Waals surface area (Å²) in [6.07, 6.45) is 2.30. The molecule has 2 N–H and O–H groups in total. The summed E-state index contributed by atoms with van der Waals surface area (Å²) in [5.74, 6) is 1.37. The Kier molecular flexibility index (Phi) is 8.94. The lowest BCUT2D eigenvalue weighted by atomic mass is 9.67. The van der Waals surface area contributed by atoms with Gasteiger partial charge in [0, 0.05) is 38.0 Å². The Labute approximate surface area is 260 Å². The van der Waals surface area contributed by atoms with Crippen LogP contribution in [-0.2, 0) is 20.7 Å². The maximum Gasteiger partial charge on any atom is 0.413 e. The fourth-order valence-corrected chi connectivity index (χ4v) is 7.02. The van der Waals surface area contributed by atoms with Gasteiger partial charge in [0.15, 0.2) is 23.0 Å². The van der Waals surface area contributed by atoms with Crippen molar-refractivity contribution in [1.29, 1.82) is 0 Å². The van der Waals surface area contributed by atoms with Crippen LogP contribution in [0.4, 0.5) is 4.79 Å². The molecule has 236 valence electrons. The van der Waals surface area contributed by atoms with E-state index in [0.29, 0.717) is 62.9 Å². The van der Waals surface area contributed by atoms with Gasteiger partial charge in [-0.25, -0.2) is 4.79 Å². The highest BCUT2D eigenvalue weighted by atomic mass is 32.2. The fraction of sp³-hybridized carbons (Fsp3) is 0.516. The first-order valence-corrected chi connectivity index (χ1v) is 16.1. The number of piperazine rings is 1. The summed E-state index contributed by atoms with van der Waals surface area (Å²) in [4.78, 5) is 41.3. The Bertz CT molecular complexity index is 1410. The number of nitrogens with one attached hydrogen (secondary N) is 2. The molecular weight excluding hydrogens is 590 g/mol. The van der Waals surface area contributed by atoms with Gasteiger partial charge in [-0.3, -0.25) is 9.59 Å². The van der Waals surface area contributed by atoms with Gasteiger partial charge in [-0.15, -0.1) is 0 Å². The van der Waals surface area contributed by atoms with E-state index < -0.39 is 18.1 Å². The number of methoxy groups -OCH3 is 2. The maximum absolute atomic E-state index is 13.3. The monoisotopic (exact) mass is 627 g/mol. The molecule has 2 aromatic rings. The molecule has 44 heavy (non-hydrogen) atoms. The number of ether oxygens (including phenoxy) is 6. The van der Waals surface area contributed by atoms with Crippen LogP contribution in [0.5, 0.6) is 28.7 Å². The molecule has 2 amide bonds. The number of carbonyl (C=O) groups excluding carboxylic acids is 3. The van der Waals surface area contributed by atoms with Crippen LogP contribution in [0, 0.1) is 11.8 Å². The van der Waals surface area contributed by atoms with E-state index in [2.05, 4.69) is 10.6 Å². The van der Waals surface area contributed by atoms with Crippen LogP contribution in [-0.4, -0.2) is 94.7 Å². The number of thioether (sulfide) groups is 1. The minimum atomic E-state index is -0.793. The van der Waals surface area contributed by atoms with E-state index in [1.165, 1.54) is 14.2 Å². The van der Waals surface area contributed by atoms with Crippen molar-refractivity contribution in [3.8, 4) is 28.7 Å². The second kappa shape index (κ2) is 13.0. The van der Waals surface area contributed by atoms with Crippen LogP contribution in [0.3, 0.4) is 0 Å². The highest BCUT2D eigenvalue weighted by Crippen LogP contribution is 2.52. The van der Waals surface area contributed by atoms with Gasteiger partial charge in [0.05, 0.1) is 26.7 Å². The van der Waals surface area contributed by atoms with Crippen LogP contribution in [0.2, 0.25) is 0 Å². The average Bonchev–Trinajstić information content (AvgIpc) is 3.66. The number of hydrogen-bond donors (Lipinski definition) is 2. The predicted molar refractivity (Wildman–Crippen MR) is 161 cm³/mol. The summed E-state index contributed by atoms with van der Waals surface area (Å²) in [6.45, 7) is 3.06. The summed E-state index contributed by atoms with van der Waals surface area (Å²) in [5.41, 5.74) is 2.74. The summed E-state index contributed by atoms with van der Waals surface area (Å²) >= 11 is 1.60. The molecule has 12 nitrogen and oxygen atoms in total. The van der Waals surface area contributed by atoms with E-state index in [9.17, 15) is 14.4 Å². The van der Waals surface area contributed by atoms with Gasteiger partial charge in [-0.2, -0.15) is 11.8 Å². The van der Waals surface area contributed by atoms with Crippen molar-refractivity contribution in [2.24, 2.45) is 11.8 Å². The maximum atomic E-state index is 13.3. The average molecular weight is 628 g/mol. The van der Waals surface area contributed by atoms with E-state index in [1.54, 1.807) is 28.8 Å². The van der Waals surface area contributed by atoms with Crippen LogP contribution in [0.25, 0.3) is 0 Å². The molecule has 2 fully saturated rings. The third-order valence-corrected chi connectivity index (χ3v) is 9.34. The Morgan fingerprint density at radius 2 is 1.77 bits per heavy atom. The molecule has 0 aromatic heterocycles. The van der Waals surface area contributed by atoms with E-state index in [4.69, 9.17) is 28.4 Å². The van der Waals surface area contributed by atoms with Crippen LogP contribution in [0.15, 0.2) is 24.3 Å². The van der Waals surface area contributed by atoms with Gasteiger partial charge in [0.1, 0.15) is 6.04 Å². The molecule has 4 aliphatic rings. The number of amides is 2. The first kappa shape index (κ1) is 30.2. The zero-order valence-electron chi connectivity index (χ0n) is 25.0. The Morgan fingerprint density at radius 1 is 1.07 bits per heavy atom. The molecule has 0 unspecified atom stereocenters. The molecule has 0 spiro atoms. The molecule has 0 saturated carbocycles. The Balaban J connectivity index is 1.30. The number of fused-ring (bicyclic) bond motifs is 3. The first-order chi connectivity index (χ1) is 21.4. The highest BCUT2D eigenvalue weighted by molar-refractivity contribution is 7.98. The van der Waals surface area contributed by atoms with E-state index in [-0.39, 0.29) is 47.8 Å². The summed E-state index contributed by atoms with van der Waals surface area (Å²) in [7, 11) is 2.94. The molecule has 2 aromatic carbocycles. The third kappa shape index (κ3) is 5.82. The van der Waals surface area contributed by atoms with Crippen molar-refractivity contribution in [1.82, 2.24) is 15.5 Å². The topological polar surface area (TPSA) is 134 Å². The van der Waals surface area contributed by atoms with Gasteiger partial charge in [-0.1, -0.05) is 0 Å². The quantitative estimate of drug-likeness (QED) is 0.398. The summed E-state index contributed by atoms with van der Waals surface area (Å²) in [6, 6.07) is 6.70. The lowest BCUT2D eigenvalue weighted by Crippen LogP contribution is -2.54. The molecule has 0 bridgehead atoms. The molecular formula is C31H37N3O9S. The van der Waals surface area contributed by atoms with Gasteiger partial charge < -0.3 is 44.0 Å². The second-order valence-electron chi connectivity index (χ2n) is 11.2. The van der Waals surface area contributed by atoms with Crippen molar-refractivity contribution in [3.05, 3.63) is 41.0 Å². The smallest absolute Gasteiger partial charge is 0.413 e. The molecule has 6 rings (SSSR count). The van der Waals surface area contributed by atoms with Crippen molar-refractivity contribution in [3.63, 3.8) is 0 Å². The van der Waals surface area contributed by atoms with Crippen LogP contribution >= 0.6 is 11.8 Å². The number of hydrogen-bond acceptors (Lipinski definition) is 11. The van der Waals surface area contributed by atoms with Gasteiger partial charge >= 0.3 is 12.1 Å². The van der Waals surface area contributed by atoms with Gasteiger partial charge in [0.2, 0.25) is 18.4 Å². The molecule has 3 heterocycles. The zero-order chi connectivity index (χ0) is 30.8. The molecule has 0 radical (unpaired) electrons. The predicted octanol–water partition coefficient (Wildman–Crippen LogP) is 2.55. The normalized spacial score (nSPS) is 22.4. The van der Waals surface area contributed by atoms with Crippen molar-refractivity contribution in [2.75, 3.05) is 65.8 Å². The number of cyclic esters (lactones) is 1. The highest BCUT2D eigenvalue weighted by Gasteiger charge is 2.48. The molecule has 2 saturated heterocycles. The Hall–Kier alpha value is -3.84. The molecule has 13 heteroatoms. The lowest BCUT2D eigenvalue weighted by molar-refractivity contribution is -0.141. The number of rotatable bonds is 9. The Morgan fingerprint density at radius 3 is 2.45 bits per heavy atom.